The molecule has 3 rings (SSSR count). The van der Waals surface area contributed by atoms with E-state index in [1.165, 1.54) is 5.56 Å². The highest BCUT2D eigenvalue weighted by molar-refractivity contribution is 5.84. The van der Waals surface area contributed by atoms with E-state index in [1.54, 1.807) is 12.3 Å². The first-order valence-electron chi connectivity index (χ1n) is 10.3. The Kier molecular flexibility index (Phi) is 6.22. The second-order valence-electron chi connectivity index (χ2n) is 9.11. The Morgan fingerprint density at radius 2 is 1.93 bits per heavy atom. The number of nitriles is 1. The summed E-state index contributed by atoms with van der Waals surface area (Å²) in [7, 11) is 0. The van der Waals surface area contributed by atoms with E-state index < -0.39 is 0 Å². The standard InChI is InChI=1S/C24H30N4O/c1-23(2,3)21(17-27-20-11-10-19(15-25)26-16-20)28-22(29)24(12-7-13-24)14-18-8-5-4-6-9-18/h4-6,8-11,16,21,27H,7,12-14,17H2,1-3H3,(H,28,29). The van der Waals surface area contributed by atoms with Crippen molar-refractivity contribution in [3.05, 3.63) is 59.9 Å². The van der Waals surface area contributed by atoms with Gasteiger partial charge in [0, 0.05) is 6.54 Å². The van der Waals surface area contributed by atoms with Gasteiger partial charge in [0.15, 0.2) is 0 Å². The lowest BCUT2D eigenvalue weighted by Crippen LogP contribution is -2.55. The van der Waals surface area contributed by atoms with Crippen molar-refractivity contribution in [3.63, 3.8) is 0 Å². The summed E-state index contributed by atoms with van der Waals surface area (Å²) in [5, 5.41) is 15.6. The SMILES string of the molecule is CC(C)(C)C(CNc1ccc(C#N)nc1)NC(=O)C1(Cc2ccccc2)CCC1. The molecule has 5 nitrogen and oxygen atoms in total. The van der Waals surface area contributed by atoms with Crippen molar-refractivity contribution < 1.29 is 4.79 Å². The lowest BCUT2D eigenvalue weighted by Gasteiger charge is -2.43. The molecule has 1 saturated carbocycles. The molecule has 0 spiro atoms. The second kappa shape index (κ2) is 8.65. The van der Waals surface area contributed by atoms with Crippen LogP contribution in [0.5, 0.6) is 0 Å². The quantitative estimate of drug-likeness (QED) is 0.738. The van der Waals surface area contributed by atoms with Crippen LogP contribution in [0.25, 0.3) is 0 Å². The van der Waals surface area contributed by atoms with Gasteiger partial charge in [-0.15, -0.1) is 0 Å². The number of benzene rings is 1. The summed E-state index contributed by atoms with van der Waals surface area (Å²) in [6, 6.07) is 15.8. The Bertz CT molecular complexity index is 858. The summed E-state index contributed by atoms with van der Waals surface area (Å²) in [4.78, 5) is 17.4. The number of amides is 1. The molecule has 1 heterocycles. The number of nitrogens with zero attached hydrogens (tertiary/aromatic N) is 2. The van der Waals surface area contributed by atoms with Gasteiger partial charge in [-0.2, -0.15) is 5.26 Å². The van der Waals surface area contributed by atoms with Gasteiger partial charge in [-0.05, 0) is 42.4 Å². The fourth-order valence-electron chi connectivity index (χ4n) is 3.74. The van der Waals surface area contributed by atoms with Crippen molar-refractivity contribution >= 4 is 11.6 Å². The Morgan fingerprint density at radius 1 is 1.21 bits per heavy atom. The molecule has 0 bridgehead atoms. The average molecular weight is 391 g/mol. The van der Waals surface area contributed by atoms with Gasteiger partial charge in [0.1, 0.15) is 11.8 Å². The maximum Gasteiger partial charge on any atom is 0.226 e. The topological polar surface area (TPSA) is 77.8 Å². The van der Waals surface area contributed by atoms with Gasteiger partial charge < -0.3 is 10.6 Å². The van der Waals surface area contributed by atoms with Crippen LogP contribution in [0.1, 0.15) is 51.3 Å². The molecule has 1 atom stereocenters. The minimum atomic E-state index is -0.291. The predicted molar refractivity (Wildman–Crippen MR) is 115 cm³/mol. The first-order chi connectivity index (χ1) is 13.8. The maximum absolute atomic E-state index is 13.3. The van der Waals surface area contributed by atoms with Crippen LogP contribution < -0.4 is 10.6 Å². The van der Waals surface area contributed by atoms with Crippen LogP contribution in [0.4, 0.5) is 5.69 Å². The molecule has 5 heteroatoms. The van der Waals surface area contributed by atoms with Gasteiger partial charge in [-0.1, -0.05) is 57.5 Å². The van der Waals surface area contributed by atoms with E-state index in [-0.39, 0.29) is 22.8 Å². The molecule has 2 aromatic rings. The minimum Gasteiger partial charge on any atom is -0.382 e. The molecule has 0 saturated heterocycles. The van der Waals surface area contributed by atoms with E-state index in [1.807, 2.05) is 30.3 Å². The number of anilines is 1. The minimum absolute atomic E-state index is 0.0288. The molecule has 1 fully saturated rings. The zero-order valence-electron chi connectivity index (χ0n) is 17.5. The van der Waals surface area contributed by atoms with Crippen LogP contribution in [0, 0.1) is 22.2 Å². The number of hydrogen-bond donors (Lipinski definition) is 2. The summed E-state index contributed by atoms with van der Waals surface area (Å²) in [6.07, 6.45) is 5.44. The Balaban J connectivity index is 1.67. The summed E-state index contributed by atoms with van der Waals surface area (Å²) in [6.45, 7) is 7.02. The van der Waals surface area contributed by atoms with Crippen molar-refractivity contribution in [2.75, 3.05) is 11.9 Å². The third-order valence-corrected chi connectivity index (χ3v) is 5.92. The Morgan fingerprint density at radius 3 is 2.45 bits per heavy atom. The molecular weight excluding hydrogens is 360 g/mol. The third-order valence-electron chi connectivity index (χ3n) is 5.92. The lowest BCUT2D eigenvalue weighted by atomic mass is 9.64. The van der Waals surface area contributed by atoms with Crippen LogP contribution in [-0.2, 0) is 11.2 Å². The summed E-state index contributed by atoms with van der Waals surface area (Å²) < 4.78 is 0. The highest BCUT2D eigenvalue weighted by Gasteiger charge is 2.45. The summed E-state index contributed by atoms with van der Waals surface area (Å²) in [5.74, 6) is 0.160. The van der Waals surface area contributed by atoms with Crippen LogP contribution in [-0.4, -0.2) is 23.5 Å². The normalized spacial score (nSPS) is 16.2. The summed E-state index contributed by atoms with van der Waals surface area (Å²) in [5.41, 5.74) is 2.07. The Hall–Kier alpha value is -2.87. The van der Waals surface area contributed by atoms with Gasteiger partial charge in [-0.3, -0.25) is 4.79 Å². The molecule has 2 N–H and O–H groups in total. The molecule has 1 aromatic heterocycles. The van der Waals surface area contributed by atoms with Gasteiger partial charge in [0.2, 0.25) is 5.91 Å². The van der Waals surface area contributed by atoms with Crippen molar-refractivity contribution in [2.45, 2.75) is 52.5 Å². The second-order valence-corrected chi connectivity index (χ2v) is 9.11. The number of pyridine rings is 1. The smallest absolute Gasteiger partial charge is 0.226 e. The van der Waals surface area contributed by atoms with Crippen LogP contribution in [0.15, 0.2) is 48.7 Å². The summed E-state index contributed by atoms with van der Waals surface area (Å²) >= 11 is 0. The molecule has 1 aliphatic carbocycles. The van der Waals surface area contributed by atoms with Crippen LogP contribution >= 0.6 is 0 Å². The number of carbonyl (C=O) groups is 1. The highest BCUT2D eigenvalue weighted by atomic mass is 16.2. The first kappa shape index (κ1) is 20.9. The van der Waals surface area contributed by atoms with Crippen molar-refractivity contribution in [1.29, 1.82) is 5.26 Å². The van der Waals surface area contributed by atoms with E-state index in [0.717, 1.165) is 31.4 Å². The van der Waals surface area contributed by atoms with Crippen molar-refractivity contribution in [3.8, 4) is 6.07 Å². The molecule has 29 heavy (non-hydrogen) atoms. The largest absolute Gasteiger partial charge is 0.382 e. The zero-order chi connectivity index (χ0) is 20.9. The van der Waals surface area contributed by atoms with Gasteiger partial charge in [-0.25, -0.2) is 4.98 Å². The van der Waals surface area contributed by atoms with Gasteiger partial charge in [0.05, 0.1) is 23.3 Å². The highest BCUT2D eigenvalue weighted by Crippen LogP contribution is 2.44. The molecule has 0 radical (unpaired) electrons. The molecule has 1 aromatic carbocycles. The number of carbonyl (C=O) groups excluding carboxylic acids is 1. The molecule has 1 unspecified atom stereocenters. The molecule has 1 aliphatic rings. The van der Waals surface area contributed by atoms with Crippen LogP contribution in [0.2, 0.25) is 0 Å². The van der Waals surface area contributed by atoms with Gasteiger partial charge >= 0.3 is 0 Å². The number of hydrogen-bond acceptors (Lipinski definition) is 4. The van der Waals surface area contributed by atoms with Crippen LogP contribution in [0.3, 0.4) is 0 Å². The lowest BCUT2D eigenvalue weighted by molar-refractivity contribution is -0.137. The third kappa shape index (κ3) is 5.14. The van der Waals surface area contributed by atoms with E-state index in [4.69, 9.17) is 5.26 Å². The number of aromatic nitrogens is 1. The van der Waals surface area contributed by atoms with Crippen molar-refractivity contribution in [1.82, 2.24) is 10.3 Å². The molecule has 1 amide bonds. The fraction of sp³-hybridized carbons (Fsp3) is 0.458. The zero-order valence-corrected chi connectivity index (χ0v) is 17.5. The molecule has 152 valence electrons. The van der Waals surface area contributed by atoms with E-state index in [9.17, 15) is 4.79 Å². The first-order valence-corrected chi connectivity index (χ1v) is 10.3. The Labute approximate surface area is 173 Å². The van der Waals surface area contributed by atoms with E-state index >= 15 is 0 Å². The number of nitrogens with one attached hydrogen (secondary N) is 2. The monoisotopic (exact) mass is 390 g/mol. The fourth-order valence-corrected chi connectivity index (χ4v) is 3.74. The van der Waals surface area contributed by atoms with E-state index in [0.29, 0.717) is 12.2 Å². The molecular formula is C24H30N4O. The molecule has 0 aliphatic heterocycles. The average Bonchev–Trinajstić information content (AvgIpc) is 2.68. The van der Waals surface area contributed by atoms with Gasteiger partial charge in [0.25, 0.3) is 0 Å². The number of rotatable bonds is 7. The van der Waals surface area contributed by atoms with Crippen molar-refractivity contribution in [2.24, 2.45) is 10.8 Å². The van der Waals surface area contributed by atoms with E-state index in [2.05, 4.69) is 48.5 Å². The predicted octanol–water partition coefficient (Wildman–Crippen LogP) is 4.31. The maximum atomic E-state index is 13.3.